The van der Waals surface area contributed by atoms with E-state index in [0.717, 1.165) is 13.0 Å². The third kappa shape index (κ3) is 4.67. The number of halogens is 2. The number of nitrogens with one attached hydrogen (secondary N) is 3. The molecular formula is C15H20Cl2N4O3. The van der Waals surface area contributed by atoms with Gasteiger partial charge in [-0.05, 0) is 31.5 Å². The number of H-pyrrole nitrogens is 1. The summed E-state index contributed by atoms with van der Waals surface area (Å²) >= 11 is 0. The van der Waals surface area contributed by atoms with Crippen molar-refractivity contribution in [1.82, 2.24) is 15.3 Å². The number of carbonyl (C=O) groups is 1. The molecule has 0 unspecified atom stereocenters. The number of hydrogen-bond acceptors (Lipinski definition) is 5. The molecule has 132 valence electrons. The molecule has 0 bridgehead atoms. The second-order valence-electron chi connectivity index (χ2n) is 5.45. The molecule has 7 nitrogen and oxygen atoms in total. The molecule has 1 aromatic heterocycles. The number of rotatable bonds is 3. The molecule has 0 aliphatic carbocycles. The molecule has 0 radical (unpaired) electrons. The summed E-state index contributed by atoms with van der Waals surface area (Å²) in [4.78, 5) is 30.7. The minimum atomic E-state index is -0.525. The average Bonchev–Trinajstić information content (AvgIpc) is 2.49. The van der Waals surface area contributed by atoms with Gasteiger partial charge in [0.05, 0.1) is 17.0 Å². The van der Waals surface area contributed by atoms with Crippen molar-refractivity contribution in [3.05, 3.63) is 34.6 Å². The Morgan fingerprint density at radius 2 is 2.08 bits per heavy atom. The van der Waals surface area contributed by atoms with Gasteiger partial charge in [0, 0.05) is 12.5 Å². The van der Waals surface area contributed by atoms with Crippen LogP contribution in [-0.2, 0) is 4.79 Å². The molecule has 0 spiro atoms. The van der Waals surface area contributed by atoms with E-state index in [4.69, 9.17) is 0 Å². The van der Waals surface area contributed by atoms with Crippen molar-refractivity contribution >= 4 is 47.6 Å². The van der Waals surface area contributed by atoms with Gasteiger partial charge in [0.2, 0.25) is 11.9 Å². The van der Waals surface area contributed by atoms with E-state index in [0.29, 0.717) is 17.3 Å². The van der Waals surface area contributed by atoms with Gasteiger partial charge in [0.1, 0.15) is 0 Å². The molecule has 1 saturated heterocycles. The first kappa shape index (κ1) is 20.4. The number of aromatic nitrogens is 2. The zero-order valence-electron chi connectivity index (χ0n) is 12.8. The number of fused-ring (bicyclic) bond motifs is 1. The Hall–Kier alpha value is -1.67. The minimum absolute atomic E-state index is 0. The van der Waals surface area contributed by atoms with E-state index in [-0.39, 0.29) is 54.7 Å². The summed E-state index contributed by atoms with van der Waals surface area (Å²) in [6, 6.07) is 6.67. The fourth-order valence-electron chi connectivity index (χ4n) is 2.67. The zero-order valence-corrected chi connectivity index (χ0v) is 14.5. The number of carbonyl (C=O) groups excluding carboxylic acids is 1. The zero-order chi connectivity index (χ0) is 15.5. The lowest BCUT2D eigenvalue weighted by Gasteiger charge is -2.28. The normalized spacial score (nSPS) is 19.9. The van der Waals surface area contributed by atoms with Gasteiger partial charge < -0.3 is 10.4 Å². The lowest BCUT2D eigenvalue weighted by atomic mass is 9.98. The highest BCUT2D eigenvalue weighted by atomic mass is 35.5. The van der Waals surface area contributed by atoms with E-state index in [2.05, 4.69) is 20.6 Å². The van der Waals surface area contributed by atoms with Crippen molar-refractivity contribution < 1.29 is 9.90 Å². The number of anilines is 1. The largest absolute Gasteiger partial charge is 0.391 e. The van der Waals surface area contributed by atoms with E-state index in [1.165, 1.54) is 0 Å². The quantitative estimate of drug-likeness (QED) is 0.645. The van der Waals surface area contributed by atoms with Crippen molar-refractivity contribution in [3.8, 4) is 0 Å². The van der Waals surface area contributed by atoms with Crippen LogP contribution in [0.15, 0.2) is 29.1 Å². The molecule has 1 amide bonds. The molecule has 1 aliphatic rings. The van der Waals surface area contributed by atoms with Crippen LogP contribution in [0, 0.1) is 0 Å². The summed E-state index contributed by atoms with van der Waals surface area (Å²) in [6.07, 6.45) is 1.20. The lowest BCUT2D eigenvalue weighted by molar-refractivity contribution is -0.117. The number of aliphatic hydroxyl groups excluding tert-OH is 1. The molecular weight excluding hydrogens is 355 g/mol. The highest BCUT2D eigenvalue weighted by molar-refractivity contribution is 5.90. The van der Waals surface area contributed by atoms with Crippen LogP contribution in [0.3, 0.4) is 0 Å². The molecule has 1 fully saturated rings. The number of hydrogen-bond donors (Lipinski definition) is 4. The van der Waals surface area contributed by atoms with Crippen LogP contribution >= 0.6 is 24.8 Å². The van der Waals surface area contributed by atoms with Crippen molar-refractivity contribution in [1.29, 1.82) is 0 Å². The lowest BCUT2D eigenvalue weighted by Crippen LogP contribution is -2.46. The maximum Gasteiger partial charge on any atom is 0.260 e. The molecule has 1 aliphatic heterocycles. The van der Waals surface area contributed by atoms with Gasteiger partial charge in [-0.3, -0.25) is 19.9 Å². The monoisotopic (exact) mass is 374 g/mol. The number of piperidine rings is 1. The number of benzene rings is 1. The Kier molecular flexibility index (Phi) is 7.62. The highest BCUT2D eigenvalue weighted by Gasteiger charge is 2.25. The smallest absolute Gasteiger partial charge is 0.260 e. The SMILES string of the molecule is Cl.Cl.O=C(C[C@H]1NCCC[C@@H]1O)Nc1nc2ccccc2c(=O)[nH]1. The van der Waals surface area contributed by atoms with Crippen LogP contribution in [0.1, 0.15) is 19.3 Å². The predicted molar refractivity (Wildman–Crippen MR) is 97.1 cm³/mol. The maximum atomic E-state index is 12.0. The Bertz CT molecular complexity index is 753. The van der Waals surface area contributed by atoms with Crippen molar-refractivity contribution in [3.63, 3.8) is 0 Å². The number of nitrogens with zero attached hydrogens (tertiary/aromatic N) is 1. The Balaban J connectivity index is 0.00000144. The third-order valence-electron chi connectivity index (χ3n) is 3.82. The molecule has 2 aromatic rings. The van der Waals surface area contributed by atoms with Crippen molar-refractivity contribution in [2.75, 3.05) is 11.9 Å². The van der Waals surface area contributed by atoms with Crippen LogP contribution in [-0.4, -0.2) is 39.7 Å². The molecule has 2 heterocycles. The van der Waals surface area contributed by atoms with Crippen LogP contribution in [0.4, 0.5) is 5.95 Å². The standard InChI is InChI=1S/C15H18N4O3.2ClH/c20-12-6-3-7-16-11(12)8-13(21)18-15-17-10-5-2-1-4-9(10)14(22)19-15;;/h1-2,4-5,11-12,16,20H,3,6-8H2,(H2,17,18,19,21,22);2*1H/t11-,12+;;/m1../s1. The van der Waals surface area contributed by atoms with E-state index < -0.39 is 6.10 Å². The van der Waals surface area contributed by atoms with Crippen LogP contribution in [0.2, 0.25) is 0 Å². The van der Waals surface area contributed by atoms with E-state index >= 15 is 0 Å². The van der Waals surface area contributed by atoms with Gasteiger partial charge in [0.25, 0.3) is 5.56 Å². The summed E-state index contributed by atoms with van der Waals surface area (Å²) < 4.78 is 0. The molecule has 4 N–H and O–H groups in total. The first-order valence-electron chi connectivity index (χ1n) is 7.34. The van der Waals surface area contributed by atoms with Crippen LogP contribution < -0.4 is 16.2 Å². The molecule has 0 saturated carbocycles. The van der Waals surface area contributed by atoms with Crippen LogP contribution in [0.5, 0.6) is 0 Å². The van der Waals surface area contributed by atoms with Crippen LogP contribution in [0.25, 0.3) is 10.9 Å². The van der Waals surface area contributed by atoms with Crippen molar-refractivity contribution in [2.45, 2.75) is 31.4 Å². The summed E-state index contributed by atoms with van der Waals surface area (Å²) in [6.45, 7) is 0.792. The summed E-state index contributed by atoms with van der Waals surface area (Å²) in [7, 11) is 0. The summed E-state index contributed by atoms with van der Waals surface area (Å²) in [5.41, 5.74) is 0.231. The summed E-state index contributed by atoms with van der Waals surface area (Å²) in [5, 5.41) is 16.0. The number of para-hydroxylation sites is 1. The van der Waals surface area contributed by atoms with Gasteiger partial charge in [0.15, 0.2) is 0 Å². The number of aromatic amines is 1. The predicted octanol–water partition coefficient (Wildman–Crippen LogP) is 1.21. The minimum Gasteiger partial charge on any atom is -0.391 e. The van der Waals surface area contributed by atoms with Gasteiger partial charge >= 0.3 is 0 Å². The van der Waals surface area contributed by atoms with Gasteiger partial charge in [-0.2, -0.15) is 0 Å². The van der Waals surface area contributed by atoms with E-state index in [1.807, 2.05) is 0 Å². The molecule has 24 heavy (non-hydrogen) atoms. The number of amides is 1. The van der Waals surface area contributed by atoms with E-state index in [1.54, 1.807) is 24.3 Å². The Morgan fingerprint density at radius 1 is 1.33 bits per heavy atom. The van der Waals surface area contributed by atoms with Gasteiger partial charge in [-0.1, -0.05) is 12.1 Å². The number of aliphatic hydroxyl groups is 1. The topological polar surface area (TPSA) is 107 Å². The molecule has 9 heteroatoms. The summed E-state index contributed by atoms with van der Waals surface area (Å²) in [5.74, 6) is -0.170. The van der Waals surface area contributed by atoms with E-state index in [9.17, 15) is 14.7 Å². The third-order valence-corrected chi connectivity index (χ3v) is 3.82. The van der Waals surface area contributed by atoms with Gasteiger partial charge in [-0.15, -0.1) is 24.8 Å². The maximum absolute atomic E-state index is 12.0. The van der Waals surface area contributed by atoms with Gasteiger partial charge in [-0.25, -0.2) is 4.98 Å². The first-order valence-corrected chi connectivity index (χ1v) is 7.34. The molecule has 2 atom stereocenters. The second kappa shape index (κ2) is 8.98. The second-order valence-corrected chi connectivity index (χ2v) is 5.45. The first-order chi connectivity index (χ1) is 10.6. The van der Waals surface area contributed by atoms with Crippen molar-refractivity contribution in [2.24, 2.45) is 0 Å². The fraction of sp³-hybridized carbons (Fsp3) is 0.400. The Labute approximate surface area is 151 Å². The average molecular weight is 375 g/mol. The fourth-order valence-corrected chi connectivity index (χ4v) is 2.67. The molecule has 1 aromatic carbocycles. The highest BCUT2D eigenvalue weighted by Crippen LogP contribution is 2.13. The molecule has 3 rings (SSSR count). The Morgan fingerprint density at radius 3 is 2.83 bits per heavy atom.